The number of aromatic nitrogens is 2. The van der Waals surface area contributed by atoms with Crippen LogP contribution in [0.5, 0.6) is 0 Å². The highest BCUT2D eigenvalue weighted by Gasteiger charge is 2.09. The monoisotopic (exact) mass is 348 g/mol. The molecule has 5 heteroatoms. The van der Waals surface area contributed by atoms with Crippen LogP contribution in [-0.2, 0) is 4.74 Å². The molecule has 0 atom stereocenters. The lowest BCUT2D eigenvalue weighted by molar-refractivity contribution is 0.210. The van der Waals surface area contributed by atoms with Gasteiger partial charge in [0.05, 0.1) is 12.3 Å². The molecule has 0 saturated heterocycles. The maximum Gasteiger partial charge on any atom is 0.225 e. The minimum Gasteiger partial charge on any atom is -0.383 e. The van der Waals surface area contributed by atoms with Gasteiger partial charge in [-0.25, -0.2) is 4.98 Å². The molecule has 0 radical (unpaired) electrons. The van der Waals surface area contributed by atoms with E-state index in [1.807, 2.05) is 36.4 Å². The summed E-state index contributed by atoms with van der Waals surface area (Å²) in [4.78, 5) is 9.26. The zero-order valence-corrected chi connectivity index (χ0v) is 15.4. The molecule has 0 aliphatic rings. The number of rotatable bonds is 7. The van der Waals surface area contributed by atoms with Crippen LogP contribution in [0.4, 0.5) is 17.5 Å². The fourth-order valence-electron chi connectivity index (χ4n) is 2.75. The molecule has 5 nitrogen and oxygen atoms in total. The number of hydrogen-bond acceptors (Lipinski definition) is 5. The first kappa shape index (κ1) is 17.9. The first-order valence-electron chi connectivity index (χ1n) is 8.68. The number of para-hydroxylation sites is 1. The van der Waals surface area contributed by atoms with Crippen LogP contribution in [0.15, 0.2) is 54.6 Å². The molecule has 1 aromatic heterocycles. The summed E-state index contributed by atoms with van der Waals surface area (Å²) in [6.07, 6.45) is 0. The van der Waals surface area contributed by atoms with Crippen molar-refractivity contribution in [1.82, 2.24) is 9.97 Å². The standard InChI is InChI=1S/C21H24N4O/c1-15-8-7-9-16(2)20(15)24-19-14-18(17-10-5-4-6-11-17)23-21(25-19)22-12-13-26-3/h4-11,14H,12-13H2,1-3H3,(H2,22,23,24,25). The van der Waals surface area contributed by atoms with Gasteiger partial charge >= 0.3 is 0 Å². The third-order valence-corrected chi connectivity index (χ3v) is 4.12. The second kappa shape index (κ2) is 8.45. The molecule has 0 spiro atoms. The normalized spacial score (nSPS) is 10.6. The lowest BCUT2D eigenvalue weighted by atomic mass is 10.1. The first-order valence-corrected chi connectivity index (χ1v) is 8.68. The zero-order valence-electron chi connectivity index (χ0n) is 15.4. The Kier molecular flexibility index (Phi) is 5.81. The molecular formula is C21H24N4O. The quantitative estimate of drug-likeness (QED) is 0.613. The molecule has 1 heterocycles. The lowest BCUT2D eigenvalue weighted by Gasteiger charge is -2.14. The molecule has 0 fully saturated rings. The van der Waals surface area contributed by atoms with E-state index in [1.54, 1.807) is 7.11 Å². The van der Waals surface area contributed by atoms with Crippen molar-refractivity contribution in [3.8, 4) is 11.3 Å². The molecule has 3 aromatic rings. The van der Waals surface area contributed by atoms with E-state index in [1.165, 1.54) is 11.1 Å². The van der Waals surface area contributed by atoms with Gasteiger partial charge in [-0.3, -0.25) is 0 Å². The van der Waals surface area contributed by atoms with Crippen LogP contribution < -0.4 is 10.6 Å². The van der Waals surface area contributed by atoms with Gasteiger partial charge in [0.2, 0.25) is 5.95 Å². The molecule has 0 saturated carbocycles. The van der Waals surface area contributed by atoms with E-state index < -0.39 is 0 Å². The van der Waals surface area contributed by atoms with Crippen molar-refractivity contribution < 1.29 is 4.74 Å². The lowest BCUT2D eigenvalue weighted by Crippen LogP contribution is -2.11. The average Bonchev–Trinajstić information content (AvgIpc) is 2.66. The summed E-state index contributed by atoms with van der Waals surface area (Å²) in [6, 6.07) is 18.3. The van der Waals surface area contributed by atoms with Crippen molar-refractivity contribution in [1.29, 1.82) is 0 Å². The molecular weight excluding hydrogens is 324 g/mol. The predicted octanol–water partition coefficient (Wildman–Crippen LogP) is 4.56. The van der Waals surface area contributed by atoms with Crippen molar-refractivity contribution in [3.05, 3.63) is 65.7 Å². The summed E-state index contributed by atoms with van der Waals surface area (Å²) in [5.41, 5.74) is 5.36. The van der Waals surface area contributed by atoms with Gasteiger partial charge < -0.3 is 15.4 Å². The summed E-state index contributed by atoms with van der Waals surface area (Å²) >= 11 is 0. The fourth-order valence-corrected chi connectivity index (χ4v) is 2.75. The van der Waals surface area contributed by atoms with E-state index in [-0.39, 0.29) is 0 Å². The molecule has 26 heavy (non-hydrogen) atoms. The maximum absolute atomic E-state index is 5.10. The molecule has 134 valence electrons. The van der Waals surface area contributed by atoms with Gasteiger partial charge in [0.25, 0.3) is 0 Å². The largest absolute Gasteiger partial charge is 0.383 e. The van der Waals surface area contributed by atoms with Gasteiger partial charge in [0, 0.05) is 31.0 Å². The van der Waals surface area contributed by atoms with Crippen LogP contribution in [0.3, 0.4) is 0 Å². The molecule has 0 aliphatic heterocycles. The minimum absolute atomic E-state index is 0.581. The molecule has 2 aromatic carbocycles. The van der Waals surface area contributed by atoms with E-state index in [9.17, 15) is 0 Å². The molecule has 0 bridgehead atoms. The number of anilines is 3. The van der Waals surface area contributed by atoms with Crippen LogP contribution in [0, 0.1) is 13.8 Å². The summed E-state index contributed by atoms with van der Waals surface area (Å²) in [5.74, 6) is 1.34. The third kappa shape index (κ3) is 4.37. The topological polar surface area (TPSA) is 59.1 Å². The zero-order chi connectivity index (χ0) is 18.4. The summed E-state index contributed by atoms with van der Waals surface area (Å²) in [7, 11) is 1.68. The molecule has 2 N–H and O–H groups in total. The molecule has 0 amide bonds. The third-order valence-electron chi connectivity index (χ3n) is 4.12. The average molecular weight is 348 g/mol. The number of methoxy groups -OCH3 is 1. The first-order chi connectivity index (χ1) is 12.7. The summed E-state index contributed by atoms with van der Waals surface area (Å²) in [6.45, 7) is 5.43. The van der Waals surface area contributed by atoms with E-state index in [0.717, 1.165) is 22.8 Å². The van der Waals surface area contributed by atoms with Crippen molar-refractivity contribution in [3.63, 3.8) is 0 Å². The van der Waals surface area contributed by atoms with Crippen LogP contribution in [0.1, 0.15) is 11.1 Å². The van der Waals surface area contributed by atoms with Crippen molar-refractivity contribution >= 4 is 17.5 Å². The van der Waals surface area contributed by atoms with Crippen molar-refractivity contribution in [2.24, 2.45) is 0 Å². The van der Waals surface area contributed by atoms with Crippen molar-refractivity contribution in [2.45, 2.75) is 13.8 Å². The van der Waals surface area contributed by atoms with E-state index in [0.29, 0.717) is 19.1 Å². The minimum atomic E-state index is 0.581. The Balaban J connectivity index is 1.96. The molecule has 0 aliphatic carbocycles. The van der Waals surface area contributed by atoms with Crippen molar-refractivity contribution in [2.75, 3.05) is 30.9 Å². The van der Waals surface area contributed by atoms with Crippen LogP contribution >= 0.6 is 0 Å². The molecule has 0 unspecified atom stereocenters. The van der Waals surface area contributed by atoms with Gasteiger partial charge in [-0.15, -0.1) is 0 Å². The van der Waals surface area contributed by atoms with Gasteiger partial charge in [0.15, 0.2) is 0 Å². The Labute approximate surface area is 154 Å². The number of nitrogens with one attached hydrogen (secondary N) is 2. The van der Waals surface area contributed by atoms with Crippen LogP contribution in [0.25, 0.3) is 11.3 Å². The number of ether oxygens (including phenoxy) is 1. The summed E-state index contributed by atoms with van der Waals surface area (Å²) in [5, 5.41) is 6.68. The Morgan fingerprint density at radius 1 is 0.923 bits per heavy atom. The number of nitrogens with zero attached hydrogens (tertiary/aromatic N) is 2. The Hall–Kier alpha value is -2.92. The second-order valence-electron chi connectivity index (χ2n) is 6.14. The highest BCUT2D eigenvalue weighted by Crippen LogP contribution is 2.27. The van der Waals surface area contributed by atoms with Gasteiger partial charge in [-0.2, -0.15) is 4.98 Å². The smallest absolute Gasteiger partial charge is 0.225 e. The second-order valence-corrected chi connectivity index (χ2v) is 6.14. The fraction of sp³-hybridized carbons (Fsp3) is 0.238. The van der Waals surface area contributed by atoms with E-state index in [2.05, 4.69) is 52.6 Å². The maximum atomic E-state index is 5.10. The highest BCUT2D eigenvalue weighted by atomic mass is 16.5. The Morgan fingerprint density at radius 2 is 1.65 bits per heavy atom. The predicted molar refractivity (Wildman–Crippen MR) is 107 cm³/mol. The Morgan fingerprint density at radius 3 is 2.35 bits per heavy atom. The van der Waals surface area contributed by atoms with Gasteiger partial charge in [-0.05, 0) is 25.0 Å². The van der Waals surface area contributed by atoms with Crippen LogP contribution in [0.2, 0.25) is 0 Å². The van der Waals surface area contributed by atoms with Crippen LogP contribution in [-0.4, -0.2) is 30.2 Å². The highest BCUT2D eigenvalue weighted by molar-refractivity contribution is 5.70. The Bertz CT molecular complexity index is 845. The number of aryl methyl sites for hydroxylation is 2. The number of hydrogen-bond donors (Lipinski definition) is 2. The van der Waals surface area contributed by atoms with E-state index in [4.69, 9.17) is 4.74 Å². The van der Waals surface area contributed by atoms with Gasteiger partial charge in [0.1, 0.15) is 5.82 Å². The van der Waals surface area contributed by atoms with E-state index >= 15 is 0 Å². The SMILES string of the molecule is COCCNc1nc(Nc2c(C)cccc2C)cc(-c2ccccc2)n1. The van der Waals surface area contributed by atoms with Gasteiger partial charge in [-0.1, -0.05) is 48.5 Å². The molecule has 3 rings (SSSR count). The number of benzene rings is 2. The summed E-state index contributed by atoms with van der Waals surface area (Å²) < 4.78 is 5.10.